The minimum Gasteiger partial charge on any atom is -0.342 e. The van der Waals surface area contributed by atoms with Gasteiger partial charge in [0, 0.05) is 55.5 Å². The number of pyridine rings is 1. The van der Waals surface area contributed by atoms with E-state index in [-0.39, 0.29) is 0 Å². The minimum absolute atomic E-state index is 0.557. The third-order valence-corrected chi connectivity index (χ3v) is 3.63. The highest BCUT2D eigenvalue weighted by Crippen LogP contribution is 2.17. The van der Waals surface area contributed by atoms with Crippen molar-refractivity contribution in [3.8, 4) is 11.1 Å². The number of nitrogens with one attached hydrogen (secondary N) is 1. The smallest absolute Gasteiger partial charge is 0.225 e. The predicted octanol–water partition coefficient (Wildman–Crippen LogP) is 1.73. The van der Waals surface area contributed by atoms with Gasteiger partial charge in [0.1, 0.15) is 0 Å². The van der Waals surface area contributed by atoms with E-state index in [0.29, 0.717) is 6.04 Å². The van der Waals surface area contributed by atoms with E-state index in [2.05, 4.69) is 25.2 Å². The monoisotopic (exact) mass is 269 g/mol. The first-order valence-electron chi connectivity index (χ1n) is 7.00. The fourth-order valence-corrected chi connectivity index (χ4v) is 2.53. The summed E-state index contributed by atoms with van der Waals surface area (Å²) < 4.78 is 0. The average Bonchev–Trinajstić information content (AvgIpc) is 3.01. The third kappa shape index (κ3) is 2.93. The van der Waals surface area contributed by atoms with Gasteiger partial charge in [-0.25, -0.2) is 9.97 Å². The molecule has 2 aromatic heterocycles. The summed E-state index contributed by atoms with van der Waals surface area (Å²) in [4.78, 5) is 15.1. The van der Waals surface area contributed by atoms with Crippen LogP contribution in [-0.2, 0) is 0 Å². The Balaban J connectivity index is 1.69. The second-order valence-electron chi connectivity index (χ2n) is 5.19. The highest BCUT2D eigenvalue weighted by Gasteiger charge is 2.17. The fraction of sp³-hybridized carbons (Fsp3) is 0.400. The van der Waals surface area contributed by atoms with Crippen LogP contribution >= 0.6 is 0 Å². The molecule has 0 saturated carbocycles. The molecular formula is C15H19N5. The molecule has 1 saturated heterocycles. The highest BCUT2D eigenvalue weighted by atomic mass is 15.2. The van der Waals surface area contributed by atoms with Crippen molar-refractivity contribution < 1.29 is 0 Å². The molecule has 5 nitrogen and oxygen atoms in total. The lowest BCUT2D eigenvalue weighted by Gasteiger charge is -2.21. The number of aromatic nitrogens is 3. The van der Waals surface area contributed by atoms with E-state index in [4.69, 9.17) is 0 Å². The van der Waals surface area contributed by atoms with Gasteiger partial charge in [0.25, 0.3) is 0 Å². The molecule has 0 aliphatic carbocycles. The Morgan fingerprint density at radius 2 is 2.10 bits per heavy atom. The molecule has 0 radical (unpaired) electrons. The molecule has 1 unspecified atom stereocenters. The molecule has 0 spiro atoms. The van der Waals surface area contributed by atoms with Crippen LogP contribution in [0.15, 0.2) is 36.9 Å². The maximum Gasteiger partial charge on any atom is 0.225 e. The van der Waals surface area contributed by atoms with Crippen LogP contribution in [0.2, 0.25) is 0 Å². The van der Waals surface area contributed by atoms with Crippen LogP contribution in [0.4, 0.5) is 5.95 Å². The predicted molar refractivity (Wildman–Crippen MR) is 79.6 cm³/mol. The summed E-state index contributed by atoms with van der Waals surface area (Å²) >= 11 is 0. The number of hydrogen-bond donors (Lipinski definition) is 1. The summed E-state index contributed by atoms with van der Waals surface area (Å²) in [6.45, 7) is 2.07. The molecule has 0 aromatic carbocycles. The van der Waals surface area contributed by atoms with Crippen molar-refractivity contribution in [2.45, 2.75) is 18.9 Å². The summed E-state index contributed by atoms with van der Waals surface area (Å²) in [5.74, 6) is 0.770. The molecule has 0 amide bonds. The summed E-state index contributed by atoms with van der Waals surface area (Å²) in [6, 6.07) is 4.49. The molecule has 1 atom stereocenters. The standard InChI is InChI=1S/C15H19N5/c1-20(11-14-5-3-7-17-14)15-18-9-13(10-19-15)12-4-2-6-16-8-12/h2,4,6,8-10,14,17H,3,5,7,11H2,1H3. The van der Waals surface area contributed by atoms with Crippen LogP contribution in [0.5, 0.6) is 0 Å². The first-order chi connectivity index (χ1) is 9.83. The van der Waals surface area contributed by atoms with E-state index in [0.717, 1.165) is 30.2 Å². The average molecular weight is 269 g/mol. The quantitative estimate of drug-likeness (QED) is 0.916. The van der Waals surface area contributed by atoms with Crippen molar-refractivity contribution in [3.63, 3.8) is 0 Å². The maximum absolute atomic E-state index is 4.46. The van der Waals surface area contributed by atoms with Gasteiger partial charge in [0.05, 0.1) is 0 Å². The largest absolute Gasteiger partial charge is 0.342 e. The topological polar surface area (TPSA) is 53.9 Å². The van der Waals surface area contributed by atoms with Crippen LogP contribution < -0.4 is 10.2 Å². The fourth-order valence-electron chi connectivity index (χ4n) is 2.53. The van der Waals surface area contributed by atoms with Gasteiger partial charge in [-0.3, -0.25) is 4.98 Å². The Morgan fingerprint density at radius 3 is 2.75 bits per heavy atom. The zero-order chi connectivity index (χ0) is 13.8. The normalized spacial score (nSPS) is 18.1. The number of nitrogens with zero attached hydrogens (tertiary/aromatic N) is 4. The van der Waals surface area contributed by atoms with E-state index in [9.17, 15) is 0 Å². The minimum atomic E-state index is 0.557. The summed E-state index contributed by atoms with van der Waals surface area (Å²) in [7, 11) is 2.04. The van der Waals surface area contributed by atoms with Gasteiger partial charge in [-0.05, 0) is 25.5 Å². The van der Waals surface area contributed by atoms with Crippen LogP contribution in [0.3, 0.4) is 0 Å². The molecule has 3 rings (SSSR count). The second-order valence-corrected chi connectivity index (χ2v) is 5.19. The molecule has 1 aliphatic rings. The first kappa shape index (κ1) is 13.0. The zero-order valence-corrected chi connectivity index (χ0v) is 11.7. The number of rotatable bonds is 4. The van der Waals surface area contributed by atoms with Crippen molar-refractivity contribution >= 4 is 5.95 Å². The third-order valence-electron chi connectivity index (χ3n) is 3.63. The maximum atomic E-state index is 4.46. The molecular weight excluding hydrogens is 250 g/mol. The molecule has 3 heterocycles. The van der Waals surface area contributed by atoms with Crippen molar-refractivity contribution in [1.82, 2.24) is 20.3 Å². The van der Waals surface area contributed by atoms with Crippen LogP contribution in [0.25, 0.3) is 11.1 Å². The molecule has 5 heteroatoms. The molecule has 0 bridgehead atoms. The van der Waals surface area contributed by atoms with Gasteiger partial charge in [-0.15, -0.1) is 0 Å². The SMILES string of the molecule is CN(CC1CCCN1)c1ncc(-c2cccnc2)cn1. The van der Waals surface area contributed by atoms with Gasteiger partial charge in [-0.2, -0.15) is 0 Å². The van der Waals surface area contributed by atoms with Crippen molar-refractivity contribution in [2.24, 2.45) is 0 Å². The zero-order valence-electron chi connectivity index (χ0n) is 11.7. The van der Waals surface area contributed by atoms with E-state index < -0.39 is 0 Å². The number of anilines is 1. The molecule has 1 N–H and O–H groups in total. The molecule has 104 valence electrons. The Hall–Kier alpha value is -2.01. The van der Waals surface area contributed by atoms with E-state index in [1.54, 1.807) is 6.20 Å². The highest BCUT2D eigenvalue weighted by molar-refractivity contribution is 5.60. The Morgan fingerprint density at radius 1 is 1.25 bits per heavy atom. The number of likely N-dealkylation sites (N-methyl/N-ethyl adjacent to an activating group) is 1. The van der Waals surface area contributed by atoms with Crippen molar-refractivity contribution in [3.05, 3.63) is 36.9 Å². The Kier molecular flexibility index (Phi) is 3.87. The Bertz CT molecular complexity index is 534. The molecule has 20 heavy (non-hydrogen) atoms. The van der Waals surface area contributed by atoms with Gasteiger partial charge >= 0.3 is 0 Å². The van der Waals surface area contributed by atoms with Crippen LogP contribution in [0, 0.1) is 0 Å². The van der Waals surface area contributed by atoms with E-state index in [1.165, 1.54) is 12.8 Å². The van der Waals surface area contributed by atoms with E-state index >= 15 is 0 Å². The van der Waals surface area contributed by atoms with Gasteiger partial charge in [-0.1, -0.05) is 6.07 Å². The van der Waals surface area contributed by atoms with Gasteiger partial charge < -0.3 is 10.2 Å². The van der Waals surface area contributed by atoms with Gasteiger partial charge in [0.15, 0.2) is 0 Å². The van der Waals surface area contributed by atoms with Crippen LogP contribution in [-0.4, -0.2) is 41.1 Å². The second kappa shape index (κ2) is 5.96. The Labute approximate surface area is 119 Å². The van der Waals surface area contributed by atoms with Crippen LogP contribution in [0.1, 0.15) is 12.8 Å². The molecule has 1 aliphatic heterocycles. The lowest BCUT2D eigenvalue weighted by atomic mass is 10.2. The first-order valence-corrected chi connectivity index (χ1v) is 7.00. The lowest BCUT2D eigenvalue weighted by Crippen LogP contribution is -2.36. The molecule has 2 aromatic rings. The van der Waals surface area contributed by atoms with Gasteiger partial charge in [0.2, 0.25) is 5.95 Å². The van der Waals surface area contributed by atoms with Crippen molar-refractivity contribution in [2.75, 3.05) is 25.0 Å². The van der Waals surface area contributed by atoms with E-state index in [1.807, 2.05) is 37.8 Å². The van der Waals surface area contributed by atoms with Crippen molar-refractivity contribution in [1.29, 1.82) is 0 Å². The lowest BCUT2D eigenvalue weighted by molar-refractivity contribution is 0.594. The molecule has 1 fully saturated rings. The summed E-state index contributed by atoms with van der Waals surface area (Å²) in [5.41, 5.74) is 2.04. The summed E-state index contributed by atoms with van der Waals surface area (Å²) in [6.07, 6.45) is 9.80. The number of hydrogen-bond acceptors (Lipinski definition) is 5. The summed E-state index contributed by atoms with van der Waals surface area (Å²) in [5, 5.41) is 3.49.